The van der Waals surface area contributed by atoms with E-state index in [1.165, 1.54) is 0 Å². The number of benzene rings is 2. The third kappa shape index (κ3) is 3.31. The lowest BCUT2D eigenvalue weighted by Gasteiger charge is -2.12. The largest absolute Gasteiger partial charge is 0.506 e. The fraction of sp³-hybridized carbons (Fsp3) is 0.312. The minimum atomic E-state index is -0.227. The average molecular weight is 336 g/mol. The Labute approximate surface area is 127 Å². The number of aromatic hydroxyl groups is 1. The van der Waals surface area contributed by atoms with Crippen molar-refractivity contribution in [2.24, 2.45) is 5.92 Å². The summed E-state index contributed by atoms with van der Waals surface area (Å²) in [4.78, 5) is 12.1. The van der Waals surface area contributed by atoms with Crippen molar-refractivity contribution in [2.45, 2.75) is 13.3 Å². The maximum Gasteiger partial charge on any atom is 0.255 e. The molecule has 2 rings (SSSR count). The molecule has 0 fully saturated rings. The number of halogens is 1. The molecule has 0 radical (unpaired) electrons. The molecule has 2 N–H and O–H groups in total. The first-order chi connectivity index (χ1) is 9.63. The Morgan fingerprint density at radius 2 is 2.05 bits per heavy atom. The zero-order valence-electron chi connectivity index (χ0n) is 11.4. The SMILES string of the molecule is CC(CCBr)CNC(=O)c1ccc2ccccc2c1O. The first-order valence-electron chi connectivity index (χ1n) is 6.68. The molecular weight excluding hydrogens is 318 g/mol. The zero-order chi connectivity index (χ0) is 14.5. The summed E-state index contributed by atoms with van der Waals surface area (Å²) in [6.45, 7) is 2.69. The molecule has 2 aromatic carbocycles. The van der Waals surface area contributed by atoms with E-state index >= 15 is 0 Å². The number of hydrogen-bond acceptors (Lipinski definition) is 2. The Morgan fingerprint density at radius 3 is 2.80 bits per heavy atom. The molecule has 106 valence electrons. The smallest absolute Gasteiger partial charge is 0.255 e. The predicted molar refractivity (Wildman–Crippen MR) is 85.5 cm³/mol. The van der Waals surface area contributed by atoms with Crippen LogP contribution in [0.15, 0.2) is 36.4 Å². The number of carbonyl (C=O) groups is 1. The molecule has 0 aliphatic rings. The van der Waals surface area contributed by atoms with Crippen LogP contribution >= 0.6 is 15.9 Å². The van der Waals surface area contributed by atoms with E-state index in [0.717, 1.165) is 17.1 Å². The van der Waals surface area contributed by atoms with Crippen molar-refractivity contribution in [3.8, 4) is 5.75 Å². The maximum atomic E-state index is 12.1. The van der Waals surface area contributed by atoms with E-state index < -0.39 is 0 Å². The van der Waals surface area contributed by atoms with Crippen LogP contribution in [0.4, 0.5) is 0 Å². The third-order valence-electron chi connectivity index (χ3n) is 3.36. The molecule has 20 heavy (non-hydrogen) atoms. The summed E-state index contributed by atoms with van der Waals surface area (Å²) in [5.41, 5.74) is 0.328. The van der Waals surface area contributed by atoms with E-state index in [1.54, 1.807) is 6.07 Å². The van der Waals surface area contributed by atoms with E-state index in [-0.39, 0.29) is 11.7 Å². The van der Waals surface area contributed by atoms with Crippen LogP contribution in [0.1, 0.15) is 23.7 Å². The molecule has 1 amide bonds. The van der Waals surface area contributed by atoms with Crippen LogP contribution in [0.2, 0.25) is 0 Å². The molecule has 0 aliphatic heterocycles. The molecule has 0 aliphatic carbocycles. The molecule has 2 aromatic rings. The van der Waals surface area contributed by atoms with E-state index in [4.69, 9.17) is 0 Å². The van der Waals surface area contributed by atoms with Gasteiger partial charge < -0.3 is 10.4 Å². The number of phenols is 1. The predicted octanol–water partition coefficient (Wildman–Crippen LogP) is 3.70. The Balaban J connectivity index is 2.16. The van der Waals surface area contributed by atoms with Gasteiger partial charge >= 0.3 is 0 Å². The van der Waals surface area contributed by atoms with Gasteiger partial charge in [0.05, 0.1) is 5.56 Å². The van der Waals surface area contributed by atoms with E-state index in [0.29, 0.717) is 23.4 Å². The minimum absolute atomic E-state index is 0.0498. The lowest BCUT2D eigenvalue weighted by molar-refractivity contribution is 0.0945. The van der Waals surface area contributed by atoms with Crippen LogP contribution in [-0.4, -0.2) is 22.9 Å². The van der Waals surface area contributed by atoms with Gasteiger partial charge in [0, 0.05) is 17.3 Å². The zero-order valence-corrected chi connectivity index (χ0v) is 13.0. The van der Waals surface area contributed by atoms with Gasteiger partial charge in [-0.1, -0.05) is 53.2 Å². The summed E-state index contributed by atoms with van der Waals surface area (Å²) in [6, 6.07) is 11.0. The van der Waals surface area contributed by atoms with Crippen LogP contribution in [0.5, 0.6) is 5.75 Å². The number of alkyl halides is 1. The quantitative estimate of drug-likeness (QED) is 0.818. The summed E-state index contributed by atoms with van der Waals surface area (Å²) in [5, 5.41) is 15.6. The number of nitrogens with one attached hydrogen (secondary N) is 1. The molecule has 1 unspecified atom stereocenters. The van der Waals surface area contributed by atoms with Crippen molar-refractivity contribution in [1.29, 1.82) is 0 Å². The lowest BCUT2D eigenvalue weighted by atomic mass is 10.0. The van der Waals surface area contributed by atoms with Crippen LogP contribution in [0, 0.1) is 5.92 Å². The lowest BCUT2D eigenvalue weighted by Crippen LogP contribution is -2.28. The number of hydrogen-bond donors (Lipinski definition) is 2. The third-order valence-corrected chi connectivity index (χ3v) is 3.82. The Morgan fingerprint density at radius 1 is 1.30 bits per heavy atom. The van der Waals surface area contributed by atoms with Gasteiger partial charge in [-0.05, 0) is 23.8 Å². The van der Waals surface area contributed by atoms with Crippen molar-refractivity contribution in [1.82, 2.24) is 5.32 Å². The molecule has 4 heteroatoms. The first kappa shape index (κ1) is 14.9. The second-order valence-corrected chi connectivity index (χ2v) is 5.77. The topological polar surface area (TPSA) is 49.3 Å². The summed E-state index contributed by atoms with van der Waals surface area (Å²) < 4.78 is 0. The number of fused-ring (bicyclic) bond motifs is 1. The molecular formula is C16H18BrNO2. The fourth-order valence-corrected chi connectivity index (χ4v) is 2.87. The van der Waals surface area contributed by atoms with Gasteiger partial charge in [0.25, 0.3) is 5.91 Å². The number of rotatable bonds is 5. The second kappa shape index (κ2) is 6.75. The number of amides is 1. The van der Waals surface area contributed by atoms with Crippen molar-refractivity contribution >= 4 is 32.6 Å². The van der Waals surface area contributed by atoms with Gasteiger partial charge in [0.15, 0.2) is 0 Å². The van der Waals surface area contributed by atoms with Crippen LogP contribution in [-0.2, 0) is 0 Å². The molecule has 1 atom stereocenters. The highest BCUT2D eigenvalue weighted by Crippen LogP contribution is 2.28. The van der Waals surface area contributed by atoms with Crippen LogP contribution < -0.4 is 5.32 Å². The van der Waals surface area contributed by atoms with Crippen molar-refractivity contribution < 1.29 is 9.90 Å². The van der Waals surface area contributed by atoms with Crippen molar-refractivity contribution in [3.05, 3.63) is 42.0 Å². The molecule has 0 heterocycles. The summed E-state index contributed by atoms with van der Waals surface area (Å²) >= 11 is 3.39. The fourth-order valence-electron chi connectivity index (χ4n) is 2.09. The number of phenolic OH excluding ortho intramolecular Hbond substituents is 1. The maximum absolute atomic E-state index is 12.1. The highest BCUT2D eigenvalue weighted by Gasteiger charge is 2.14. The number of carbonyl (C=O) groups excluding carboxylic acids is 1. The monoisotopic (exact) mass is 335 g/mol. The molecule has 0 aromatic heterocycles. The highest BCUT2D eigenvalue weighted by molar-refractivity contribution is 9.09. The Bertz CT molecular complexity index is 612. The van der Waals surface area contributed by atoms with Gasteiger partial charge in [0.2, 0.25) is 0 Å². The van der Waals surface area contributed by atoms with Crippen molar-refractivity contribution in [3.63, 3.8) is 0 Å². The molecule has 0 saturated heterocycles. The summed E-state index contributed by atoms with van der Waals surface area (Å²) in [5.74, 6) is 0.226. The normalized spacial score (nSPS) is 12.3. The van der Waals surface area contributed by atoms with E-state index in [9.17, 15) is 9.90 Å². The molecule has 0 bridgehead atoms. The van der Waals surface area contributed by atoms with Gasteiger partial charge in [0.1, 0.15) is 5.75 Å². The highest BCUT2D eigenvalue weighted by atomic mass is 79.9. The second-order valence-electron chi connectivity index (χ2n) is 4.98. The van der Waals surface area contributed by atoms with Crippen LogP contribution in [0.25, 0.3) is 10.8 Å². The van der Waals surface area contributed by atoms with Gasteiger partial charge in [-0.2, -0.15) is 0 Å². The first-order valence-corrected chi connectivity index (χ1v) is 7.80. The van der Waals surface area contributed by atoms with E-state index in [1.807, 2.05) is 30.3 Å². The van der Waals surface area contributed by atoms with Crippen LogP contribution in [0.3, 0.4) is 0 Å². The van der Waals surface area contributed by atoms with Gasteiger partial charge in [-0.3, -0.25) is 4.79 Å². The minimum Gasteiger partial charge on any atom is -0.506 e. The standard InChI is InChI=1S/C16H18BrNO2/c1-11(8-9-17)10-18-16(20)14-7-6-12-4-2-3-5-13(12)15(14)19/h2-7,11,19H,8-10H2,1H3,(H,18,20). The Kier molecular flexibility index (Phi) is 5.01. The summed E-state index contributed by atoms with van der Waals surface area (Å²) in [7, 11) is 0. The molecule has 3 nitrogen and oxygen atoms in total. The molecule has 0 saturated carbocycles. The van der Waals surface area contributed by atoms with E-state index in [2.05, 4.69) is 28.2 Å². The van der Waals surface area contributed by atoms with Gasteiger partial charge in [-0.15, -0.1) is 0 Å². The average Bonchev–Trinajstić information content (AvgIpc) is 2.46. The van der Waals surface area contributed by atoms with Gasteiger partial charge in [-0.25, -0.2) is 0 Å². The Hall–Kier alpha value is -1.55. The summed E-state index contributed by atoms with van der Waals surface area (Å²) in [6.07, 6.45) is 1.00. The molecule has 0 spiro atoms. The van der Waals surface area contributed by atoms with Crippen molar-refractivity contribution in [2.75, 3.05) is 11.9 Å².